The molecular formula is C13H16ClNO3S. The van der Waals surface area contributed by atoms with Crippen LogP contribution in [0.4, 0.5) is 0 Å². The zero-order chi connectivity index (χ0) is 14.3. The second-order valence-electron chi connectivity index (χ2n) is 3.88. The second kappa shape index (κ2) is 8.07. The zero-order valence-electron chi connectivity index (χ0n) is 10.9. The lowest BCUT2D eigenvalue weighted by atomic mass is 10.4. The Balaban J connectivity index is 2.30. The first-order valence-corrected chi connectivity index (χ1v) is 7.08. The normalized spacial score (nSPS) is 10.1. The van der Waals surface area contributed by atoms with E-state index in [2.05, 4.69) is 4.74 Å². The van der Waals surface area contributed by atoms with Crippen LogP contribution in [0, 0.1) is 0 Å². The molecule has 19 heavy (non-hydrogen) atoms. The van der Waals surface area contributed by atoms with Gasteiger partial charge >= 0.3 is 5.97 Å². The minimum atomic E-state index is -0.416. The van der Waals surface area contributed by atoms with Gasteiger partial charge in [0.1, 0.15) is 6.54 Å². The monoisotopic (exact) mass is 301 g/mol. The third-order valence-corrected chi connectivity index (χ3v) is 3.68. The number of hydrogen-bond donors (Lipinski definition) is 0. The Labute approximate surface area is 122 Å². The van der Waals surface area contributed by atoms with Crippen molar-refractivity contribution in [2.75, 3.05) is 26.5 Å². The summed E-state index contributed by atoms with van der Waals surface area (Å²) in [5.74, 6) is 0.166. The van der Waals surface area contributed by atoms with E-state index in [0.29, 0.717) is 17.2 Å². The van der Waals surface area contributed by atoms with Crippen LogP contribution in [-0.2, 0) is 14.3 Å². The smallest absolute Gasteiger partial charge is 0.325 e. The Bertz CT molecular complexity index is 436. The van der Waals surface area contributed by atoms with Gasteiger partial charge in [-0.2, -0.15) is 0 Å². The summed E-state index contributed by atoms with van der Waals surface area (Å²) in [4.78, 5) is 25.2. The molecule has 0 saturated carbocycles. The molecule has 104 valence electrons. The van der Waals surface area contributed by atoms with Crippen molar-refractivity contribution in [3.8, 4) is 0 Å². The molecule has 0 unspecified atom stereocenters. The molecule has 0 heterocycles. The van der Waals surface area contributed by atoms with E-state index in [-0.39, 0.29) is 12.5 Å². The summed E-state index contributed by atoms with van der Waals surface area (Å²) >= 11 is 7.36. The summed E-state index contributed by atoms with van der Waals surface area (Å²) in [5.41, 5.74) is 0. The molecule has 1 aromatic rings. The number of thioether (sulfide) groups is 1. The molecule has 6 heteroatoms. The number of rotatable bonds is 6. The number of nitrogens with zero attached hydrogens (tertiary/aromatic N) is 1. The van der Waals surface area contributed by atoms with Crippen LogP contribution in [0.25, 0.3) is 0 Å². The standard InChI is InChI=1S/C13H16ClNO3S/c1-15(9-13(17)18-2)12(16)7-8-19-11-5-3-10(14)4-6-11/h3-6H,7-9H2,1-2H3. The maximum absolute atomic E-state index is 11.7. The van der Waals surface area contributed by atoms with E-state index in [0.717, 1.165) is 4.90 Å². The van der Waals surface area contributed by atoms with Crippen molar-refractivity contribution >= 4 is 35.2 Å². The van der Waals surface area contributed by atoms with E-state index in [1.165, 1.54) is 12.0 Å². The maximum atomic E-state index is 11.7. The van der Waals surface area contributed by atoms with Gasteiger partial charge in [-0.3, -0.25) is 9.59 Å². The van der Waals surface area contributed by atoms with Gasteiger partial charge in [-0.25, -0.2) is 0 Å². The molecule has 0 N–H and O–H groups in total. The van der Waals surface area contributed by atoms with Gasteiger partial charge in [0.25, 0.3) is 0 Å². The van der Waals surface area contributed by atoms with Gasteiger partial charge in [0.05, 0.1) is 7.11 Å². The number of carbonyl (C=O) groups excluding carboxylic acids is 2. The molecule has 0 bridgehead atoms. The largest absolute Gasteiger partial charge is 0.468 e. The molecule has 1 amide bonds. The molecule has 0 aliphatic carbocycles. The third kappa shape index (κ3) is 5.98. The highest BCUT2D eigenvalue weighted by molar-refractivity contribution is 7.99. The van der Waals surface area contributed by atoms with E-state index in [1.54, 1.807) is 18.8 Å². The molecule has 0 aliphatic heterocycles. The predicted molar refractivity (Wildman–Crippen MR) is 76.4 cm³/mol. The molecular weight excluding hydrogens is 286 g/mol. The van der Waals surface area contributed by atoms with E-state index < -0.39 is 5.97 Å². The van der Waals surface area contributed by atoms with E-state index >= 15 is 0 Å². The Morgan fingerprint density at radius 2 is 1.95 bits per heavy atom. The molecule has 1 aromatic carbocycles. The Kier molecular flexibility index (Phi) is 6.73. The van der Waals surface area contributed by atoms with Gasteiger partial charge < -0.3 is 9.64 Å². The van der Waals surface area contributed by atoms with Crippen LogP contribution >= 0.6 is 23.4 Å². The molecule has 1 rings (SSSR count). The fourth-order valence-corrected chi connectivity index (χ4v) is 2.29. The first-order chi connectivity index (χ1) is 9.02. The first kappa shape index (κ1) is 15.9. The average molecular weight is 302 g/mol. The zero-order valence-corrected chi connectivity index (χ0v) is 12.5. The molecule has 0 atom stereocenters. The first-order valence-electron chi connectivity index (χ1n) is 5.72. The fraction of sp³-hybridized carbons (Fsp3) is 0.385. The van der Waals surface area contributed by atoms with Crippen molar-refractivity contribution in [3.63, 3.8) is 0 Å². The third-order valence-electron chi connectivity index (χ3n) is 2.42. The summed E-state index contributed by atoms with van der Waals surface area (Å²) in [5, 5.41) is 0.693. The van der Waals surface area contributed by atoms with Crippen molar-refractivity contribution in [3.05, 3.63) is 29.3 Å². The number of likely N-dealkylation sites (N-methyl/N-ethyl adjacent to an activating group) is 1. The molecule has 0 spiro atoms. The van der Waals surface area contributed by atoms with E-state index in [9.17, 15) is 9.59 Å². The molecule has 0 aromatic heterocycles. The van der Waals surface area contributed by atoms with Crippen LogP contribution in [-0.4, -0.2) is 43.2 Å². The highest BCUT2D eigenvalue weighted by atomic mass is 35.5. The summed E-state index contributed by atoms with van der Waals surface area (Å²) in [7, 11) is 2.89. The number of methoxy groups -OCH3 is 1. The van der Waals surface area contributed by atoms with Gasteiger partial charge in [-0.15, -0.1) is 11.8 Å². The number of esters is 1. The minimum Gasteiger partial charge on any atom is -0.468 e. The summed E-state index contributed by atoms with van der Waals surface area (Å²) in [6.07, 6.45) is 0.376. The fourth-order valence-electron chi connectivity index (χ4n) is 1.32. The minimum absolute atomic E-state index is 0.0130. The van der Waals surface area contributed by atoms with Crippen LogP contribution in [0.5, 0.6) is 0 Å². The van der Waals surface area contributed by atoms with E-state index in [1.807, 2.05) is 24.3 Å². The van der Waals surface area contributed by atoms with Gasteiger partial charge in [-0.1, -0.05) is 11.6 Å². The van der Waals surface area contributed by atoms with Crippen LogP contribution < -0.4 is 0 Å². The SMILES string of the molecule is COC(=O)CN(C)C(=O)CCSc1ccc(Cl)cc1. The predicted octanol–water partition coefficient (Wildman–Crippen LogP) is 2.45. The van der Waals surface area contributed by atoms with Crippen molar-refractivity contribution in [2.24, 2.45) is 0 Å². The molecule has 0 radical (unpaired) electrons. The number of benzene rings is 1. The van der Waals surface area contributed by atoms with Gasteiger partial charge in [-0.05, 0) is 24.3 Å². The number of hydrogen-bond acceptors (Lipinski definition) is 4. The van der Waals surface area contributed by atoms with Gasteiger partial charge in [0, 0.05) is 29.1 Å². The van der Waals surface area contributed by atoms with Gasteiger partial charge in [0.15, 0.2) is 0 Å². The lowest BCUT2D eigenvalue weighted by Crippen LogP contribution is -2.32. The van der Waals surface area contributed by atoms with Crippen LogP contribution in [0.1, 0.15) is 6.42 Å². The summed E-state index contributed by atoms with van der Waals surface area (Å²) in [6.45, 7) is -0.0130. The topological polar surface area (TPSA) is 46.6 Å². The molecule has 0 saturated heterocycles. The molecule has 4 nitrogen and oxygen atoms in total. The lowest BCUT2D eigenvalue weighted by Gasteiger charge is -2.15. The average Bonchev–Trinajstić information content (AvgIpc) is 2.40. The number of amides is 1. The maximum Gasteiger partial charge on any atom is 0.325 e. The number of halogens is 1. The number of carbonyl (C=O) groups is 2. The Morgan fingerprint density at radius 3 is 2.53 bits per heavy atom. The highest BCUT2D eigenvalue weighted by Gasteiger charge is 2.12. The Morgan fingerprint density at radius 1 is 1.32 bits per heavy atom. The van der Waals surface area contributed by atoms with E-state index in [4.69, 9.17) is 11.6 Å². The summed E-state index contributed by atoms with van der Waals surface area (Å²) in [6, 6.07) is 7.45. The second-order valence-corrected chi connectivity index (χ2v) is 5.48. The van der Waals surface area contributed by atoms with Crippen molar-refractivity contribution in [1.82, 2.24) is 4.90 Å². The molecule has 0 aliphatic rings. The van der Waals surface area contributed by atoms with Crippen LogP contribution in [0.2, 0.25) is 5.02 Å². The van der Waals surface area contributed by atoms with Crippen molar-refractivity contribution < 1.29 is 14.3 Å². The molecule has 0 fully saturated rings. The van der Waals surface area contributed by atoms with Crippen molar-refractivity contribution in [2.45, 2.75) is 11.3 Å². The Hall–Kier alpha value is -1.20. The van der Waals surface area contributed by atoms with Crippen molar-refractivity contribution in [1.29, 1.82) is 0 Å². The quantitative estimate of drug-likeness (QED) is 0.598. The van der Waals surface area contributed by atoms with Gasteiger partial charge in [0.2, 0.25) is 5.91 Å². The highest BCUT2D eigenvalue weighted by Crippen LogP contribution is 2.21. The van der Waals surface area contributed by atoms with Crippen LogP contribution in [0.15, 0.2) is 29.2 Å². The van der Waals surface area contributed by atoms with Crippen LogP contribution in [0.3, 0.4) is 0 Å². The summed E-state index contributed by atoms with van der Waals surface area (Å²) < 4.78 is 4.51. The number of ether oxygens (including phenoxy) is 1. The lowest BCUT2D eigenvalue weighted by molar-refractivity contribution is -0.145.